The van der Waals surface area contributed by atoms with Crippen molar-refractivity contribution in [3.63, 3.8) is 0 Å². The molecule has 5 heteroatoms. The van der Waals surface area contributed by atoms with Gasteiger partial charge in [-0.25, -0.2) is 0 Å². The van der Waals surface area contributed by atoms with Crippen molar-refractivity contribution in [2.45, 2.75) is 6.42 Å². The van der Waals surface area contributed by atoms with Crippen molar-refractivity contribution >= 4 is 15.8 Å². The van der Waals surface area contributed by atoms with Gasteiger partial charge in [0.05, 0.1) is 6.26 Å². The molecule has 78 valence electrons. The Morgan fingerprint density at radius 1 is 1.36 bits per heavy atom. The number of benzene rings is 1. The van der Waals surface area contributed by atoms with Crippen LogP contribution in [0.4, 0.5) is 5.69 Å². The highest BCUT2D eigenvalue weighted by Crippen LogP contribution is 2.19. The van der Waals surface area contributed by atoms with E-state index in [1.165, 1.54) is 17.7 Å². The lowest BCUT2D eigenvalue weighted by Crippen LogP contribution is -1.90. The second-order valence-corrected chi connectivity index (χ2v) is 4.53. The predicted octanol–water partition coefficient (Wildman–Crippen LogP) is 1.16. The molecule has 0 aliphatic carbocycles. The maximum atomic E-state index is 9.19. The van der Waals surface area contributed by atoms with Gasteiger partial charge in [-0.15, -0.1) is 0 Å². The Kier molecular flexibility index (Phi) is 3.49. The van der Waals surface area contributed by atoms with Crippen LogP contribution in [0.2, 0.25) is 0 Å². The van der Waals surface area contributed by atoms with Crippen LogP contribution in [0.1, 0.15) is 5.56 Å². The van der Waals surface area contributed by atoms with Gasteiger partial charge < -0.3 is 5.32 Å². The summed E-state index contributed by atoms with van der Waals surface area (Å²) in [6.07, 6.45) is 1.91. The van der Waals surface area contributed by atoms with Gasteiger partial charge in [-0.3, -0.25) is 4.55 Å². The molecule has 0 aromatic heterocycles. The van der Waals surface area contributed by atoms with E-state index in [0.29, 0.717) is 6.26 Å². The minimum absolute atomic E-state index is 0.715. The lowest BCUT2D eigenvalue weighted by Gasteiger charge is -1.94. The molecule has 2 N–H and O–H groups in total. The van der Waals surface area contributed by atoms with Crippen LogP contribution in [0.3, 0.4) is 0 Å². The topological polar surface area (TPSA) is 66.4 Å². The first-order valence-corrected chi connectivity index (χ1v) is 6.06. The van der Waals surface area contributed by atoms with Crippen LogP contribution in [0, 0.1) is 0 Å². The zero-order chi connectivity index (χ0) is 10.6. The van der Waals surface area contributed by atoms with Crippen LogP contribution in [-0.4, -0.2) is 25.8 Å². The molecule has 2 rings (SSSR count). The summed E-state index contributed by atoms with van der Waals surface area (Å²) in [5.41, 5.74) is 2.77. The summed E-state index contributed by atoms with van der Waals surface area (Å²) in [7, 11) is -3.67. The van der Waals surface area contributed by atoms with Gasteiger partial charge in [-0.2, -0.15) is 8.42 Å². The molecule has 1 aromatic carbocycles. The van der Waals surface area contributed by atoms with Crippen molar-refractivity contribution in [2.24, 2.45) is 0 Å². The average molecular weight is 215 g/mol. The van der Waals surface area contributed by atoms with Crippen LogP contribution in [0.5, 0.6) is 0 Å². The second-order valence-electron chi connectivity index (χ2n) is 3.07. The van der Waals surface area contributed by atoms with E-state index in [-0.39, 0.29) is 0 Å². The van der Waals surface area contributed by atoms with Gasteiger partial charge >= 0.3 is 0 Å². The van der Waals surface area contributed by atoms with Crippen molar-refractivity contribution in [3.05, 3.63) is 29.8 Å². The molecule has 0 bridgehead atoms. The Morgan fingerprint density at radius 3 is 2.50 bits per heavy atom. The van der Waals surface area contributed by atoms with Gasteiger partial charge in [0.1, 0.15) is 0 Å². The molecule has 1 aliphatic heterocycles. The summed E-state index contributed by atoms with van der Waals surface area (Å²) in [6, 6.07) is 8.46. The van der Waals surface area contributed by atoms with Crippen LogP contribution < -0.4 is 5.32 Å². The minimum Gasteiger partial charge on any atom is -0.384 e. The van der Waals surface area contributed by atoms with Crippen LogP contribution in [0.25, 0.3) is 0 Å². The standard InChI is InChI=1S/C8H9N.CH4O3S/c1-2-4-8-7(3-1)5-6-9-8;1-5(2,3)4/h1-4,9H,5-6H2;1H3,(H,2,3,4). The molecular weight excluding hydrogens is 202 g/mol. The van der Waals surface area contributed by atoms with E-state index >= 15 is 0 Å². The number of nitrogens with one attached hydrogen (secondary N) is 1. The van der Waals surface area contributed by atoms with Crippen LogP contribution in [-0.2, 0) is 16.5 Å². The quantitative estimate of drug-likeness (QED) is 0.637. The molecule has 0 saturated heterocycles. The van der Waals surface area contributed by atoms with Gasteiger partial charge in [0.15, 0.2) is 0 Å². The number of para-hydroxylation sites is 1. The van der Waals surface area contributed by atoms with Crippen molar-refractivity contribution < 1.29 is 13.0 Å². The molecule has 14 heavy (non-hydrogen) atoms. The fourth-order valence-corrected chi connectivity index (χ4v) is 1.24. The van der Waals surface area contributed by atoms with E-state index < -0.39 is 10.1 Å². The Morgan fingerprint density at radius 2 is 1.93 bits per heavy atom. The monoisotopic (exact) mass is 215 g/mol. The Balaban J connectivity index is 0.000000171. The molecule has 0 radical (unpaired) electrons. The van der Waals surface area contributed by atoms with E-state index in [4.69, 9.17) is 4.55 Å². The van der Waals surface area contributed by atoms with Crippen molar-refractivity contribution in [2.75, 3.05) is 18.1 Å². The summed E-state index contributed by atoms with van der Waals surface area (Å²) < 4.78 is 25.9. The van der Waals surface area contributed by atoms with E-state index in [2.05, 4.69) is 29.6 Å². The van der Waals surface area contributed by atoms with Gasteiger partial charge in [0.2, 0.25) is 0 Å². The summed E-state index contributed by atoms with van der Waals surface area (Å²) in [6.45, 7) is 1.11. The van der Waals surface area contributed by atoms with Crippen molar-refractivity contribution in [1.29, 1.82) is 0 Å². The predicted molar refractivity (Wildman–Crippen MR) is 56.1 cm³/mol. The molecule has 1 aromatic rings. The summed E-state index contributed by atoms with van der Waals surface area (Å²) in [5, 5.41) is 3.30. The molecule has 0 amide bonds. The van der Waals surface area contributed by atoms with Gasteiger partial charge in [-0.1, -0.05) is 18.2 Å². The van der Waals surface area contributed by atoms with Crippen LogP contribution in [0.15, 0.2) is 24.3 Å². The maximum Gasteiger partial charge on any atom is 0.261 e. The zero-order valence-corrected chi connectivity index (χ0v) is 8.71. The molecule has 0 saturated carbocycles. The van der Waals surface area contributed by atoms with Crippen LogP contribution >= 0.6 is 0 Å². The van der Waals surface area contributed by atoms with E-state index in [0.717, 1.165) is 6.54 Å². The highest BCUT2D eigenvalue weighted by molar-refractivity contribution is 7.85. The first-order valence-electron chi connectivity index (χ1n) is 4.21. The third kappa shape index (κ3) is 4.25. The molecule has 0 spiro atoms. The average Bonchev–Trinajstić information content (AvgIpc) is 2.47. The van der Waals surface area contributed by atoms with Crippen molar-refractivity contribution in [3.8, 4) is 0 Å². The first-order chi connectivity index (χ1) is 6.47. The lowest BCUT2D eigenvalue weighted by atomic mass is 10.2. The molecule has 0 unspecified atom stereocenters. The van der Waals surface area contributed by atoms with E-state index in [9.17, 15) is 8.42 Å². The number of hydrogen-bond donors (Lipinski definition) is 2. The van der Waals surface area contributed by atoms with Gasteiger partial charge in [0.25, 0.3) is 10.1 Å². The highest BCUT2D eigenvalue weighted by atomic mass is 32.2. The zero-order valence-electron chi connectivity index (χ0n) is 7.90. The van der Waals surface area contributed by atoms with E-state index in [1.807, 2.05) is 0 Å². The van der Waals surface area contributed by atoms with Gasteiger partial charge in [-0.05, 0) is 18.1 Å². The van der Waals surface area contributed by atoms with Crippen molar-refractivity contribution in [1.82, 2.24) is 0 Å². The normalized spacial score (nSPS) is 13.6. The molecule has 1 aliphatic rings. The fraction of sp³-hybridized carbons (Fsp3) is 0.333. The second kappa shape index (κ2) is 4.43. The number of anilines is 1. The van der Waals surface area contributed by atoms with Gasteiger partial charge in [0, 0.05) is 12.2 Å². The minimum atomic E-state index is -3.67. The SMILES string of the molecule is CS(=O)(=O)O.c1ccc2c(c1)CCN2. The largest absolute Gasteiger partial charge is 0.384 e. The highest BCUT2D eigenvalue weighted by Gasteiger charge is 2.05. The smallest absolute Gasteiger partial charge is 0.261 e. The number of rotatable bonds is 0. The summed E-state index contributed by atoms with van der Waals surface area (Å²) in [4.78, 5) is 0. The van der Waals surface area contributed by atoms with E-state index in [1.54, 1.807) is 0 Å². The summed E-state index contributed by atoms with van der Waals surface area (Å²) in [5.74, 6) is 0. The third-order valence-corrected chi connectivity index (χ3v) is 1.73. The summed E-state index contributed by atoms with van der Waals surface area (Å²) >= 11 is 0. The molecule has 4 nitrogen and oxygen atoms in total. The molecule has 0 atom stereocenters. The molecule has 1 heterocycles. The first kappa shape index (κ1) is 11.0. The maximum absolute atomic E-state index is 9.19. The molecule has 0 fully saturated rings. The number of hydrogen-bond acceptors (Lipinski definition) is 3. The number of fused-ring (bicyclic) bond motifs is 1. The fourth-order valence-electron chi connectivity index (χ4n) is 1.24. The lowest BCUT2D eigenvalue weighted by molar-refractivity contribution is 0.490. The third-order valence-electron chi connectivity index (χ3n) is 1.73. The Labute approximate surface area is 83.7 Å². The Bertz CT molecular complexity index is 369. The Hall–Kier alpha value is -1.07. The molecular formula is C9H13NO3S.